The van der Waals surface area contributed by atoms with Crippen molar-refractivity contribution < 1.29 is 4.79 Å². The van der Waals surface area contributed by atoms with Crippen LogP contribution in [0.3, 0.4) is 0 Å². The summed E-state index contributed by atoms with van der Waals surface area (Å²) < 4.78 is 0. The highest BCUT2D eigenvalue weighted by molar-refractivity contribution is 7.18. The summed E-state index contributed by atoms with van der Waals surface area (Å²) in [6, 6.07) is 7.88. The Labute approximate surface area is 187 Å². The minimum Gasteiger partial charge on any atom is -0.326 e. The van der Waals surface area contributed by atoms with Gasteiger partial charge in [-0.1, -0.05) is 39.8 Å². The molecule has 164 valence electrons. The van der Waals surface area contributed by atoms with E-state index in [4.69, 9.17) is 4.98 Å². The van der Waals surface area contributed by atoms with E-state index in [9.17, 15) is 9.59 Å². The molecule has 1 amide bonds. The fourth-order valence-electron chi connectivity index (χ4n) is 4.41. The van der Waals surface area contributed by atoms with E-state index in [0.29, 0.717) is 18.2 Å². The number of rotatable bonds is 5. The number of thiophene rings is 1. The van der Waals surface area contributed by atoms with E-state index in [1.54, 1.807) is 11.3 Å². The summed E-state index contributed by atoms with van der Waals surface area (Å²) in [5.74, 6) is 1.14. The van der Waals surface area contributed by atoms with Gasteiger partial charge >= 0.3 is 0 Å². The molecule has 0 spiro atoms. The summed E-state index contributed by atoms with van der Waals surface area (Å²) in [4.78, 5) is 35.0. The van der Waals surface area contributed by atoms with Crippen LogP contribution in [-0.4, -0.2) is 15.9 Å². The summed E-state index contributed by atoms with van der Waals surface area (Å²) >= 11 is 1.66. The number of benzene rings is 1. The molecule has 1 aliphatic rings. The maximum atomic E-state index is 12.8. The van der Waals surface area contributed by atoms with E-state index in [2.05, 4.69) is 38.0 Å². The molecule has 1 unspecified atom stereocenters. The molecule has 0 fully saturated rings. The molecule has 1 aromatic carbocycles. The summed E-state index contributed by atoms with van der Waals surface area (Å²) in [6.45, 7) is 8.97. The molecule has 0 saturated heterocycles. The molecule has 2 heterocycles. The lowest BCUT2D eigenvalue weighted by Gasteiger charge is -2.33. The Hall–Kier alpha value is -2.47. The number of aryl methyl sites for hydroxylation is 3. The lowest BCUT2D eigenvalue weighted by atomic mass is 9.72. The van der Waals surface area contributed by atoms with E-state index >= 15 is 0 Å². The standard InChI is InChI=1S/C25H31N3O2S/c1-5-15-7-6-8-17(13-15)26-21(29)12-11-20-27-23(30)22-18-10-9-16(25(2,3)4)14-19(18)31-24(22)28-20/h6-8,13,16H,5,9-12,14H2,1-4H3,(H,26,29)(H,27,28,30). The molecule has 0 aliphatic heterocycles. The summed E-state index contributed by atoms with van der Waals surface area (Å²) in [7, 11) is 0. The SMILES string of the molecule is CCc1cccc(NC(=O)CCc2nc3sc4c(c3c(=O)[nH]2)CCC(C(C)(C)C)C4)c1. The first kappa shape index (κ1) is 21.8. The van der Waals surface area contributed by atoms with E-state index in [-0.39, 0.29) is 23.3 Å². The van der Waals surface area contributed by atoms with Crippen LogP contribution in [0, 0.1) is 11.3 Å². The van der Waals surface area contributed by atoms with E-state index in [1.165, 1.54) is 16.0 Å². The van der Waals surface area contributed by atoms with Crippen molar-refractivity contribution in [2.24, 2.45) is 11.3 Å². The van der Waals surface area contributed by atoms with Gasteiger partial charge in [0.2, 0.25) is 5.91 Å². The maximum absolute atomic E-state index is 12.8. The minimum absolute atomic E-state index is 0.0669. The number of anilines is 1. The number of carbonyl (C=O) groups is 1. The number of fused-ring (bicyclic) bond motifs is 3. The van der Waals surface area contributed by atoms with Gasteiger partial charge < -0.3 is 10.3 Å². The Kier molecular flexibility index (Phi) is 6.02. The molecule has 1 atom stereocenters. The summed E-state index contributed by atoms with van der Waals surface area (Å²) in [6.07, 6.45) is 4.70. The van der Waals surface area contributed by atoms with Crippen molar-refractivity contribution in [2.75, 3.05) is 5.32 Å². The van der Waals surface area contributed by atoms with E-state index in [1.807, 2.05) is 24.3 Å². The number of amides is 1. The molecule has 3 aromatic rings. The van der Waals surface area contributed by atoms with Crippen LogP contribution in [0.5, 0.6) is 0 Å². The van der Waals surface area contributed by atoms with Crippen LogP contribution in [0.4, 0.5) is 5.69 Å². The molecule has 0 radical (unpaired) electrons. The molecule has 2 aromatic heterocycles. The number of H-pyrrole nitrogens is 1. The number of hydrogen-bond donors (Lipinski definition) is 2. The highest BCUT2D eigenvalue weighted by atomic mass is 32.1. The molecule has 2 N–H and O–H groups in total. The molecule has 0 saturated carbocycles. The number of carbonyl (C=O) groups excluding carboxylic acids is 1. The molecule has 5 nitrogen and oxygen atoms in total. The largest absolute Gasteiger partial charge is 0.326 e. The van der Waals surface area contributed by atoms with Crippen molar-refractivity contribution in [3.8, 4) is 0 Å². The third kappa shape index (κ3) is 4.74. The first-order valence-corrected chi connectivity index (χ1v) is 12.0. The highest BCUT2D eigenvalue weighted by Gasteiger charge is 2.31. The smallest absolute Gasteiger partial charge is 0.259 e. The van der Waals surface area contributed by atoms with E-state index in [0.717, 1.165) is 41.6 Å². The van der Waals surface area contributed by atoms with Crippen molar-refractivity contribution in [3.63, 3.8) is 0 Å². The monoisotopic (exact) mass is 437 g/mol. The second-order valence-electron chi connectivity index (χ2n) is 9.60. The normalized spacial score (nSPS) is 16.3. The highest BCUT2D eigenvalue weighted by Crippen LogP contribution is 2.41. The first-order valence-electron chi connectivity index (χ1n) is 11.2. The van der Waals surface area contributed by atoms with Crippen molar-refractivity contribution in [1.82, 2.24) is 9.97 Å². The maximum Gasteiger partial charge on any atom is 0.259 e. The number of aromatic nitrogens is 2. The fourth-order valence-corrected chi connectivity index (χ4v) is 5.73. The van der Waals surface area contributed by atoms with Crippen LogP contribution >= 0.6 is 11.3 Å². The predicted molar refractivity (Wildman–Crippen MR) is 128 cm³/mol. The zero-order valence-electron chi connectivity index (χ0n) is 18.8. The Bertz CT molecular complexity index is 1170. The zero-order chi connectivity index (χ0) is 22.2. The average Bonchev–Trinajstić information content (AvgIpc) is 3.10. The van der Waals surface area contributed by atoms with E-state index < -0.39 is 0 Å². The Morgan fingerprint density at radius 2 is 2.13 bits per heavy atom. The molecular formula is C25H31N3O2S. The van der Waals surface area contributed by atoms with Crippen LogP contribution in [-0.2, 0) is 30.5 Å². The Morgan fingerprint density at radius 3 is 2.87 bits per heavy atom. The van der Waals surface area contributed by atoms with Crippen molar-refractivity contribution >= 4 is 33.1 Å². The van der Waals surface area contributed by atoms with Crippen LogP contribution < -0.4 is 10.9 Å². The molecule has 0 bridgehead atoms. The number of nitrogens with zero attached hydrogens (tertiary/aromatic N) is 1. The van der Waals surface area contributed by atoms with Gasteiger partial charge in [0, 0.05) is 23.4 Å². The van der Waals surface area contributed by atoms with Gasteiger partial charge in [-0.2, -0.15) is 0 Å². The van der Waals surface area contributed by atoms with Gasteiger partial charge in [-0.05, 0) is 60.3 Å². The molecule has 4 rings (SSSR count). The third-order valence-corrected chi connectivity index (χ3v) is 7.55. The number of aromatic amines is 1. The molecule has 1 aliphatic carbocycles. The first-order chi connectivity index (χ1) is 14.7. The van der Waals surface area contributed by atoms with Gasteiger partial charge in [0.05, 0.1) is 5.39 Å². The predicted octanol–water partition coefficient (Wildman–Crippen LogP) is 5.27. The van der Waals surface area contributed by atoms with Crippen molar-refractivity contribution in [3.05, 3.63) is 56.4 Å². The lowest BCUT2D eigenvalue weighted by Crippen LogP contribution is -2.26. The fraction of sp³-hybridized carbons (Fsp3) is 0.480. The molecular weight excluding hydrogens is 406 g/mol. The topological polar surface area (TPSA) is 74.8 Å². The number of nitrogens with one attached hydrogen (secondary N) is 2. The van der Waals surface area contributed by atoms with Gasteiger partial charge in [0.15, 0.2) is 0 Å². The molecule has 6 heteroatoms. The second-order valence-corrected chi connectivity index (χ2v) is 10.7. The van der Waals surface area contributed by atoms with Gasteiger partial charge in [0.25, 0.3) is 5.56 Å². The summed E-state index contributed by atoms with van der Waals surface area (Å²) in [5.41, 5.74) is 3.38. The average molecular weight is 438 g/mol. The minimum atomic E-state index is -0.0745. The van der Waals surface area contributed by atoms with Crippen LogP contribution in [0.15, 0.2) is 29.1 Å². The number of hydrogen-bond acceptors (Lipinski definition) is 4. The van der Waals surface area contributed by atoms with Crippen LogP contribution in [0.2, 0.25) is 0 Å². The second kappa shape index (κ2) is 8.58. The molecule has 31 heavy (non-hydrogen) atoms. The summed E-state index contributed by atoms with van der Waals surface area (Å²) in [5, 5.41) is 3.70. The van der Waals surface area contributed by atoms with Gasteiger partial charge in [-0.15, -0.1) is 11.3 Å². The van der Waals surface area contributed by atoms with Crippen LogP contribution in [0.25, 0.3) is 10.2 Å². The lowest BCUT2D eigenvalue weighted by molar-refractivity contribution is -0.116. The van der Waals surface area contributed by atoms with Crippen LogP contribution in [0.1, 0.15) is 62.4 Å². The quantitative estimate of drug-likeness (QED) is 0.571. The Balaban J connectivity index is 1.48. The third-order valence-electron chi connectivity index (χ3n) is 6.40. The van der Waals surface area contributed by atoms with Gasteiger partial charge in [-0.3, -0.25) is 9.59 Å². The zero-order valence-corrected chi connectivity index (χ0v) is 19.6. The van der Waals surface area contributed by atoms with Gasteiger partial charge in [0.1, 0.15) is 10.7 Å². The van der Waals surface area contributed by atoms with Crippen molar-refractivity contribution in [1.29, 1.82) is 0 Å². The Morgan fingerprint density at radius 1 is 1.32 bits per heavy atom. The van der Waals surface area contributed by atoms with Gasteiger partial charge in [-0.25, -0.2) is 4.98 Å². The van der Waals surface area contributed by atoms with Crippen molar-refractivity contribution in [2.45, 2.75) is 66.2 Å².